The van der Waals surface area contributed by atoms with Crippen molar-refractivity contribution in [2.75, 3.05) is 10.8 Å². The minimum absolute atomic E-state index is 0.127. The number of alkyl halides is 3. The Labute approximate surface area is 167 Å². The van der Waals surface area contributed by atoms with Gasteiger partial charge in [0.15, 0.2) is 0 Å². The molecule has 0 spiro atoms. The van der Waals surface area contributed by atoms with Crippen LogP contribution in [0.2, 0.25) is 0 Å². The molecule has 0 aromatic heterocycles. The monoisotopic (exact) mass is 426 g/mol. The standard InChI is InChI=1S/C20H21F3N2O3S/c1-4-11-25(17-9-6-8-16(13-17)20(21,22)23)29(27,28)18-10-5-7-15(12-18)19(26)24-14(2)3/h4-10,12-14H,1,11H2,2-3H3,(H,24,26). The van der Waals surface area contributed by atoms with Gasteiger partial charge in [-0.3, -0.25) is 9.10 Å². The molecule has 0 aliphatic rings. The van der Waals surface area contributed by atoms with Gasteiger partial charge in [-0.15, -0.1) is 6.58 Å². The number of nitrogens with zero attached hydrogens (tertiary/aromatic N) is 1. The molecule has 1 N–H and O–H groups in total. The quantitative estimate of drug-likeness (QED) is 0.674. The van der Waals surface area contributed by atoms with Crippen LogP contribution >= 0.6 is 0 Å². The molecule has 0 unspecified atom stereocenters. The molecule has 2 aromatic carbocycles. The van der Waals surface area contributed by atoms with E-state index in [0.29, 0.717) is 0 Å². The van der Waals surface area contributed by atoms with Gasteiger partial charge in [-0.05, 0) is 50.2 Å². The van der Waals surface area contributed by atoms with Gasteiger partial charge in [0.1, 0.15) is 0 Å². The van der Waals surface area contributed by atoms with Crippen LogP contribution in [-0.4, -0.2) is 26.9 Å². The Kier molecular flexibility index (Phi) is 6.73. The number of benzene rings is 2. The van der Waals surface area contributed by atoms with Crippen LogP contribution in [-0.2, 0) is 16.2 Å². The molecule has 29 heavy (non-hydrogen) atoms. The highest BCUT2D eigenvalue weighted by molar-refractivity contribution is 7.92. The van der Waals surface area contributed by atoms with E-state index in [-0.39, 0.29) is 28.7 Å². The summed E-state index contributed by atoms with van der Waals surface area (Å²) >= 11 is 0. The molecule has 0 saturated heterocycles. The Morgan fingerprint density at radius 1 is 1.17 bits per heavy atom. The van der Waals surface area contributed by atoms with E-state index in [1.54, 1.807) is 13.8 Å². The number of nitrogens with one attached hydrogen (secondary N) is 1. The van der Waals surface area contributed by atoms with E-state index in [9.17, 15) is 26.4 Å². The minimum Gasteiger partial charge on any atom is -0.350 e. The first-order valence-electron chi connectivity index (χ1n) is 8.68. The topological polar surface area (TPSA) is 66.5 Å². The molecule has 0 atom stereocenters. The zero-order valence-electron chi connectivity index (χ0n) is 15.9. The molecule has 0 aliphatic heterocycles. The normalized spacial score (nSPS) is 11.9. The molecular weight excluding hydrogens is 405 g/mol. The third-order valence-electron chi connectivity index (χ3n) is 3.86. The number of rotatable bonds is 7. The summed E-state index contributed by atoms with van der Waals surface area (Å²) in [6, 6.07) is 9.21. The fourth-order valence-electron chi connectivity index (χ4n) is 2.57. The molecule has 5 nitrogen and oxygen atoms in total. The lowest BCUT2D eigenvalue weighted by Crippen LogP contribution is -2.32. The van der Waals surface area contributed by atoms with E-state index >= 15 is 0 Å². The van der Waals surface area contributed by atoms with Crippen LogP contribution in [0.4, 0.5) is 18.9 Å². The van der Waals surface area contributed by atoms with Crippen molar-refractivity contribution in [2.24, 2.45) is 0 Å². The van der Waals surface area contributed by atoms with E-state index in [1.165, 1.54) is 36.4 Å². The molecule has 0 fully saturated rings. The first kappa shape index (κ1) is 22.5. The third-order valence-corrected chi connectivity index (χ3v) is 5.65. The largest absolute Gasteiger partial charge is 0.416 e. The number of carbonyl (C=O) groups is 1. The van der Waals surface area contributed by atoms with Gasteiger partial charge in [0, 0.05) is 11.6 Å². The highest BCUT2D eigenvalue weighted by atomic mass is 32.2. The predicted molar refractivity (Wildman–Crippen MR) is 105 cm³/mol. The highest BCUT2D eigenvalue weighted by Crippen LogP contribution is 2.33. The molecule has 0 aliphatic carbocycles. The van der Waals surface area contributed by atoms with Crippen LogP contribution in [0.3, 0.4) is 0 Å². The maximum Gasteiger partial charge on any atom is 0.416 e. The first-order valence-corrected chi connectivity index (χ1v) is 10.1. The first-order chi connectivity index (χ1) is 13.5. The lowest BCUT2D eigenvalue weighted by Gasteiger charge is -2.24. The van der Waals surface area contributed by atoms with Gasteiger partial charge in [0.05, 0.1) is 22.7 Å². The van der Waals surface area contributed by atoms with Crippen molar-refractivity contribution in [2.45, 2.75) is 31.0 Å². The van der Waals surface area contributed by atoms with E-state index in [1.807, 2.05) is 0 Å². The van der Waals surface area contributed by atoms with Crippen molar-refractivity contribution in [3.63, 3.8) is 0 Å². The Balaban J connectivity index is 2.51. The van der Waals surface area contributed by atoms with Crippen LogP contribution < -0.4 is 9.62 Å². The number of amides is 1. The third kappa shape index (κ3) is 5.38. The predicted octanol–water partition coefficient (Wildman–Crippen LogP) is 4.22. The average molecular weight is 426 g/mol. The summed E-state index contributed by atoms with van der Waals surface area (Å²) in [4.78, 5) is 12.0. The molecule has 2 rings (SSSR count). The molecule has 0 bridgehead atoms. The van der Waals surface area contributed by atoms with Crippen molar-refractivity contribution in [1.29, 1.82) is 0 Å². The van der Waals surface area contributed by atoms with Gasteiger partial charge < -0.3 is 5.32 Å². The number of carbonyl (C=O) groups excluding carboxylic acids is 1. The maximum absolute atomic E-state index is 13.1. The van der Waals surface area contributed by atoms with Gasteiger partial charge in [0.2, 0.25) is 0 Å². The summed E-state index contributed by atoms with van der Waals surface area (Å²) in [6.07, 6.45) is -3.35. The van der Waals surface area contributed by atoms with Crippen molar-refractivity contribution in [3.8, 4) is 0 Å². The second-order valence-corrected chi connectivity index (χ2v) is 8.39. The lowest BCUT2D eigenvalue weighted by molar-refractivity contribution is -0.137. The lowest BCUT2D eigenvalue weighted by atomic mass is 10.2. The molecule has 0 heterocycles. The van der Waals surface area contributed by atoms with E-state index in [4.69, 9.17) is 0 Å². The van der Waals surface area contributed by atoms with Gasteiger partial charge in [-0.1, -0.05) is 18.2 Å². The van der Waals surface area contributed by atoms with Gasteiger partial charge in [0.25, 0.3) is 15.9 Å². The minimum atomic E-state index is -4.62. The summed E-state index contributed by atoms with van der Waals surface area (Å²) in [6.45, 7) is 6.77. The SMILES string of the molecule is C=CCN(c1cccc(C(F)(F)F)c1)S(=O)(=O)c1cccc(C(=O)NC(C)C)c1. The molecular formula is C20H21F3N2O3S. The number of hydrogen-bond donors (Lipinski definition) is 1. The van der Waals surface area contributed by atoms with Crippen LogP contribution in [0, 0.1) is 0 Å². The number of hydrogen-bond acceptors (Lipinski definition) is 3. The summed E-state index contributed by atoms with van der Waals surface area (Å²) in [5, 5.41) is 2.66. The Hall–Kier alpha value is -2.81. The fourth-order valence-corrected chi connectivity index (χ4v) is 4.04. The van der Waals surface area contributed by atoms with Crippen LogP contribution in [0.1, 0.15) is 29.8 Å². The van der Waals surface area contributed by atoms with E-state index < -0.39 is 27.7 Å². The highest BCUT2D eigenvalue weighted by Gasteiger charge is 2.32. The zero-order chi connectivity index (χ0) is 21.8. The van der Waals surface area contributed by atoms with Gasteiger partial charge in [-0.2, -0.15) is 13.2 Å². The van der Waals surface area contributed by atoms with Crippen LogP contribution in [0.5, 0.6) is 0 Å². The van der Waals surface area contributed by atoms with Crippen LogP contribution in [0.25, 0.3) is 0 Å². The van der Waals surface area contributed by atoms with Crippen molar-refractivity contribution < 1.29 is 26.4 Å². The number of halogens is 3. The van der Waals surface area contributed by atoms with Crippen molar-refractivity contribution in [3.05, 3.63) is 72.3 Å². The van der Waals surface area contributed by atoms with E-state index in [0.717, 1.165) is 22.5 Å². The Bertz CT molecular complexity index is 1000. The Morgan fingerprint density at radius 3 is 2.41 bits per heavy atom. The van der Waals surface area contributed by atoms with Crippen molar-refractivity contribution in [1.82, 2.24) is 5.32 Å². The maximum atomic E-state index is 13.1. The Morgan fingerprint density at radius 2 is 1.83 bits per heavy atom. The molecule has 0 radical (unpaired) electrons. The molecule has 156 valence electrons. The fraction of sp³-hybridized carbons (Fsp3) is 0.250. The summed E-state index contributed by atoms with van der Waals surface area (Å²) in [7, 11) is -4.25. The number of sulfonamides is 1. The smallest absolute Gasteiger partial charge is 0.350 e. The van der Waals surface area contributed by atoms with Gasteiger partial charge in [-0.25, -0.2) is 8.42 Å². The summed E-state index contributed by atoms with van der Waals surface area (Å²) in [5.41, 5.74) is -0.997. The summed E-state index contributed by atoms with van der Waals surface area (Å²) in [5.74, 6) is -0.452. The second kappa shape index (κ2) is 8.69. The molecule has 1 amide bonds. The molecule has 2 aromatic rings. The zero-order valence-corrected chi connectivity index (χ0v) is 16.7. The molecule has 0 saturated carbocycles. The van der Waals surface area contributed by atoms with Crippen molar-refractivity contribution >= 4 is 21.6 Å². The molecule has 9 heteroatoms. The summed E-state index contributed by atoms with van der Waals surface area (Å²) < 4.78 is 66.3. The number of anilines is 1. The van der Waals surface area contributed by atoms with Gasteiger partial charge >= 0.3 is 6.18 Å². The van der Waals surface area contributed by atoms with Crippen LogP contribution in [0.15, 0.2) is 66.1 Å². The average Bonchev–Trinajstić information content (AvgIpc) is 2.65. The second-order valence-electron chi connectivity index (χ2n) is 6.53. The van der Waals surface area contributed by atoms with E-state index in [2.05, 4.69) is 11.9 Å².